The Kier molecular flexibility index (Phi) is 2.86. The number of hydrogen-bond acceptors (Lipinski definition) is 3. The molecule has 3 aromatic rings. The van der Waals surface area contributed by atoms with Crippen molar-refractivity contribution in [3.63, 3.8) is 0 Å². The van der Waals surface area contributed by atoms with Gasteiger partial charge in [0.05, 0.1) is 12.7 Å². The van der Waals surface area contributed by atoms with Crippen LogP contribution in [0.5, 0.6) is 5.75 Å². The Morgan fingerprint density at radius 2 is 1.77 bits per heavy atom. The number of fused-ring (bicyclic) bond motifs is 2. The van der Waals surface area contributed by atoms with Crippen molar-refractivity contribution < 1.29 is 14.3 Å². The summed E-state index contributed by atoms with van der Waals surface area (Å²) in [6, 6.07) is 19.7. The molecule has 4 rings (SSSR count). The third-order valence-electron chi connectivity index (χ3n) is 4.06. The van der Waals surface area contributed by atoms with Gasteiger partial charge in [0.1, 0.15) is 5.75 Å². The summed E-state index contributed by atoms with van der Waals surface area (Å²) in [5.74, 6) is 0.443. The van der Waals surface area contributed by atoms with Crippen LogP contribution in [0.1, 0.15) is 27.6 Å². The van der Waals surface area contributed by atoms with Gasteiger partial charge in [-0.15, -0.1) is 0 Å². The Labute approximate surface area is 128 Å². The number of rotatable bonds is 2. The second-order valence-electron chi connectivity index (χ2n) is 5.35. The molecule has 0 unspecified atom stereocenters. The first-order valence-electron chi connectivity index (χ1n) is 7.14. The highest BCUT2D eigenvalue weighted by atomic mass is 16.5. The van der Waals surface area contributed by atoms with E-state index < -0.39 is 0 Å². The Hall–Kier alpha value is -2.81. The first kappa shape index (κ1) is 12.9. The highest BCUT2D eigenvalue weighted by molar-refractivity contribution is 5.95. The van der Waals surface area contributed by atoms with E-state index in [1.54, 1.807) is 19.2 Å². The van der Waals surface area contributed by atoms with Crippen molar-refractivity contribution >= 4 is 16.7 Å². The summed E-state index contributed by atoms with van der Waals surface area (Å²) in [5.41, 5.74) is 2.44. The summed E-state index contributed by atoms with van der Waals surface area (Å²) >= 11 is 0. The third kappa shape index (κ3) is 1.94. The molecule has 0 bridgehead atoms. The normalized spacial score (nSPS) is 16.4. The van der Waals surface area contributed by atoms with Crippen molar-refractivity contribution in [2.24, 2.45) is 0 Å². The van der Waals surface area contributed by atoms with Crippen LogP contribution >= 0.6 is 0 Å². The van der Waals surface area contributed by atoms with Gasteiger partial charge in [0.2, 0.25) is 0 Å². The number of ether oxygens (including phenoxy) is 2. The van der Waals surface area contributed by atoms with E-state index >= 15 is 0 Å². The predicted octanol–water partition coefficient (Wildman–Crippen LogP) is 4.11. The predicted molar refractivity (Wildman–Crippen MR) is 84.2 cm³/mol. The van der Waals surface area contributed by atoms with Crippen molar-refractivity contribution in [1.82, 2.24) is 0 Å². The number of carbonyl (C=O) groups is 1. The van der Waals surface area contributed by atoms with Crippen LogP contribution in [0.4, 0.5) is 0 Å². The summed E-state index contributed by atoms with van der Waals surface area (Å²) in [6.07, 6.45) is -0.373. The number of methoxy groups -OCH3 is 1. The Morgan fingerprint density at radius 1 is 0.955 bits per heavy atom. The van der Waals surface area contributed by atoms with Gasteiger partial charge in [-0.1, -0.05) is 36.4 Å². The van der Waals surface area contributed by atoms with E-state index in [4.69, 9.17) is 9.47 Å². The molecule has 0 N–H and O–H groups in total. The highest BCUT2D eigenvalue weighted by Gasteiger charge is 2.32. The molecule has 0 fully saturated rings. The Bertz CT molecular complexity index is 883. The van der Waals surface area contributed by atoms with Crippen molar-refractivity contribution in [2.75, 3.05) is 7.11 Å². The van der Waals surface area contributed by atoms with Gasteiger partial charge in [0.25, 0.3) is 0 Å². The van der Waals surface area contributed by atoms with Gasteiger partial charge in [0, 0.05) is 5.56 Å². The zero-order valence-electron chi connectivity index (χ0n) is 12.1. The highest BCUT2D eigenvalue weighted by Crippen LogP contribution is 2.38. The Morgan fingerprint density at radius 3 is 2.59 bits per heavy atom. The average Bonchev–Trinajstić information content (AvgIpc) is 2.90. The Balaban J connectivity index is 1.84. The first-order valence-corrected chi connectivity index (χ1v) is 7.14. The fourth-order valence-corrected chi connectivity index (χ4v) is 2.92. The van der Waals surface area contributed by atoms with Crippen molar-refractivity contribution in [3.8, 4) is 5.75 Å². The van der Waals surface area contributed by atoms with E-state index in [0.717, 1.165) is 22.3 Å². The van der Waals surface area contributed by atoms with Crippen LogP contribution in [0.15, 0.2) is 60.7 Å². The molecule has 0 aliphatic carbocycles. The first-order chi connectivity index (χ1) is 10.8. The molecule has 1 atom stereocenters. The lowest BCUT2D eigenvalue weighted by atomic mass is 9.97. The van der Waals surface area contributed by atoms with E-state index in [-0.39, 0.29) is 12.1 Å². The van der Waals surface area contributed by atoms with Gasteiger partial charge in [-0.05, 0) is 40.6 Å². The zero-order valence-corrected chi connectivity index (χ0v) is 12.1. The second-order valence-corrected chi connectivity index (χ2v) is 5.35. The number of carbonyl (C=O) groups excluding carboxylic acids is 1. The second kappa shape index (κ2) is 4.88. The summed E-state index contributed by atoms with van der Waals surface area (Å²) < 4.78 is 10.8. The third-order valence-corrected chi connectivity index (χ3v) is 4.06. The molecule has 1 aliphatic heterocycles. The van der Waals surface area contributed by atoms with Crippen LogP contribution in [-0.4, -0.2) is 13.1 Å². The topological polar surface area (TPSA) is 35.5 Å². The van der Waals surface area contributed by atoms with Gasteiger partial charge in [0.15, 0.2) is 6.10 Å². The maximum absolute atomic E-state index is 12.0. The molecule has 0 aromatic heterocycles. The standard InChI is InChI=1S/C19H14O3/c1-21-15-8-9-16-17(11-15)18(22-19(16)20)14-7-6-12-4-2-3-5-13(12)10-14/h2-11,18H,1H3/t18-/m1/s1. The van der Waals surface area contributed by atoms with Gasteiger partial charge < -0.3 is 9.47 Å². The number of esters is 1. The molecule has 0 spiro atoms. The molecule has 1 heterocycles. The molecule has 3 heteroatoms. The molecule has 0 radical (unpaired) electrons. The molecular formula is C19H14O3. The molecular weight excluding hydrogens is 276 g/mol. The summed E-state index contributed by atoms with van der Waals surface area (Å²) in [6.45, 7) is 0. The number of cyclic esters (lactones) is 1. The number of hydrogen-bond donors (Lipinski definition) is 0. The van der Waals surface area contributed by atoms with E-state index in [0.29, 0.717) is 5.56 Å². The summed E-state index contributed by atoms with van der Waals surface area (Å²) in [7, 11) is 1.62. The van der Waals surface area contributed by atoms with Crippen LogP contribution in [0, 0.1) is 0 Å². The van der Waals surface area contributed by atoms with Gasteiger partial charge >= 0.3 is 5.97 Å². The van der Waals surface area contributed by atoms with Crippen LogP contribution in [0.25, 0.3) is 10.8 Å². The molecule has 0 amide bonds. The van der Waals surface area contributed by atoms with Crippen LogP contribution in [0.3, 0.4) is 0 Å². The van der Waals surface area contributed by atoms with Crippen LogP contribution in [0.2, 0.25) is 0 Å². The van der Waals surface area contributed by atoms with E-state index in [1.165, 1.54) is 5.39 Å². The summed E-state index contributed by atoms with van der Waals surface area (Å²) in [4.78, 5) is 12.0. The molecule has 3 aromatic carbocycles. The smallest absolute Gasteiger partial charge is 0.339 e. The fourth-order valence-electron chi connectivity index (χ4n) is 2.92. The van der Waals surface area contributed by atoms with E-state index in [1.807, 2.05) is 24.3 Å². The SMILES string of the molecule is COc1ccc2c(c1)[C@@H](c1ccc3ccccc3c1)OC2=O. The van der Waals surface area contributed by atoms with E-state index in [2.05, 4.69) is 24.3 Å². The minimum atomic E-state index is -0.373. The fraction of sp³-hybridized carbons (Fsp3) is 0.105. The maximum Gasteiger partial charge on any atom is 0.339 e. The van der Waals surface area contributed by atoms with Gasteiger partial charge in [-0.3, -0.25) is 0 Å². The van der Waals surface area contributed by atoms with Gasteiger partial charge in [-0.25, -0.2) is 4.79 Å². The summed E-state index contributed by atoms with van der Waals surface area (Å²) in [5, 5.41) is 2.30. The van der Waals surface area contributed by atoms with Gasteiger partial charge in [-0.2, -0.15) is 0 Å². The lowest BCUT2D eigenvalue weighted by molar-refractivity contribution is 0.0456. The molecule has 0 saturated carbocycles. The largest absolute Gasteiger partial charge is 0.497 e. The zero-order chi connectivity index (χ0) is 15.1. The molecule has 108 valence electrons. The van der Waals surface area contributed by atoms with E-state index in [9.17, 15) is 4.79 Å². The minimum Gasteiger partial charge on any atom is -0.497 e. The molecule has 0 saturated heterocycles. The van der Waals surface area contributed by atoms with Crippen LogP contribution in [-0.2, 0) is 4.74 Å². The maximum atomic E-state index is 12.0. The number of benzene rings is 3. The minimum absolute atomic E-state index is 0.282. The quantitative estimate of drug-likeness (QED) is 0.666. The van der Waals surface area contributed by atoms with Crippen molar-refractivity contribution in [1.29, 1.82) is 0 Å². The average molecular weight is 290 g/mol. The molecule has 3 nitrogen and oxygen atoms in total. The monoisotopic (exact) mass is 290 g/mol. The van der Waals surface area contributed by atoms with Crippen molar-refractivity contribution in [2.45, 2.75) is 6.10 Å². The van der Waals surface area contributed by atoms with Crippen LogP contribution < -0.4 is 4.74 Å². The molecule has 1 aliphatic rings. The lowest BCUT2D eigenvalue weighted by Gasteiger charge is -2.12. The van der Waals surface area contributed by atoms with Crippen molar-refractivity contribution in [3.05, 3.63) is 77.4 Å². The lowest BCUT2D eigenvalue weighted by Crippen LogP contribution is -2.00. The molecule has 22 heavy (non-hydrogen) atoms.